The lowest BCUT2D eigenvalue weighted by atomic mass is 10.2. The molecule has 18 heavy (non-hydrogen) atoms. The number of nitrogens with zero attached hydrogens (tertiary/aromatic N) is 1. The van der Waals surface area contributed by atoms with Crippen molar-refractivity contribution in [2.24, 2.45) is 5.92 Å². The van der Waals surface area contributed by atoms with Crippen LogP contribution in [0.3, 0.4) is 0 Å². The Hall–Kier alpha value is -0.660. The maximum atomic E-state index is 11.8. The summed E-state index contributed by atoms with van der Waals surface area (Å²) in [5.41, 5.74) is 0. The highest BCUT2D eigenvalue weighted by molar-refractivity contribution is 7.91. The third-order valence-corrected chi connectivity index (χ3v) is 4.92. The average molecular weight is 279 g/mol. The summed E-state index contributed by atoms with van der Waals surface area (Å²) in [6, 6.07) is 0. The van der Waals surface area contributed by atoms with Gasteiger partial charge in [-0.25, -0.2) is 8.42 Å². The summed E-state index contributed by atoms with van der Waals surface area (Å²) < 4.78 is 29.1. The fourth-order valence-electron chi connectivity index (χ4n) is 1.97. The predicted molar refractivity (Wildman–Crippen MR) is 67.3 cm³/mol. The van der Waals surface area contributed by atoms with Crippen LogP contribution in [-0.2, 0) is 19.4 Å². The lowest BCUT2D eigenvalue weighted by Gasteiger charge is -2.31. The van der Waals surface area contributed by atoms with E-state index >= 15 is 0 Å². The number of rotatable bonds is 6. The highest BCUT2D eigenvalue weighted by Crippen LogP contribution is 2.10. The van der Waals surface area contributed by atoms with Crippen molar-refractivity contribution in [3.8, 4) is 0 Å². The molecule has 0 spiro atoms. The number of carboxylic acid groups (broad SMARTS) is 1. The molecule has 2 unspecified atom stereocenters. The molecule has 1 aliphatic heterocycles. The van der Waals surface area contributed by atoms with Gasteiger partial charge in [-0.15, -0.1) is 0 Å². The van der Waals surface area contributed by atoms with Gasteiger partial charge in [0.1, 0.15) is 0 Å². The SMILES string of the molecule is CCN1CCOC(CS(=O)(=O)CC(C)C(=O)O)C1. The summed E-state index contributed by atoms with van der Waals surface area (Å²) in [4.78, 5) is 12.8. The van der Waals surface area contributed by atoms with Gasteiger partial charge in [-0.1, -0.05) is 13.8 Å². The van der Waals surface area contributed by atoms with Crippen molar-refractivity contribution in [2.45, 2.75) is 20.0 Å². The molecule has 1 aliphatic rings. The molecule has 0 bridgehead atoms. The van der Waals surface area contributed by atoms with Crippen LogP contribution in [0, 0.1) is 5.92 Å². The molecule has 0 amide bonds. The van der Waals surface area contributed by atoms with Gasteiger partial charge in [-0.05, 0) is 6.54 Å². The van der Waals surface area contributed by atoms with E-state index in [1.54, 1.807) is 0 Å². The molecule has 0 aliphatic carbocycles. The first-order chi connectivity index (χ1) is 8.34. The Morgan fingerprint density at radius 1 is 1.56 bits per heavy atom. The predicted octanol–water partition coefficient (Wildman–Crippen LogP) is -0.157. The van der Waals surface area contributed by atoms with Crippen molar-refractivity contribution in [3.05, 3.63) is 0 Å². The lowest BCUT2D eigenvalue weighted by molar-refractivity contribution is -0.140. The Morgan fingerprint density at radius 3 is 2.78 bits per heavy atom. The fourth-order valence-corrected chi connectivity index (χ4v) is 3.78. The molecular formula is C11H21NO5S. The van der Waals surface area contributed by atoms with Crippen molar-refractivity contribution in [1.29, 1.82) is 0 Å². The summed E-state index contributed by atoms with van der Waals surface area (Å²) in [6.45, 7) is 6.23. The summed E-state index contributed by atoms with van der Waals surface area (Å²) in [5, 5.41) is 8.73. The number of aliphatic carboxylic acids is 1. The van der Waals surface area contributed by atoms with Gasteiger partial charge in [0, 0.05) is 13.1 Å². The number of likely N-dealkylation sites (N-methyl/N-ethyl adjacent to an activating group) is 1. The summed E-state index contributed by atoms with van der Waals surface area (Å²) in [7, 11) is -3.39. The highest BCUT2D eigenvalue weighted by Gasteiger charge is 2.28. The maximum Gasteiger partial charge on any atom is 0.307 e. The summed E-state index contributed by atoms with van der Waals surface area (Å²) in [6.07, 6.45) is -0.343. The van der Waals surface area contributed by atoms with Crippen molar-refractivity contribution in [1.82, 2.24) is 4.90 Å². The van der Waals surface area contributed by atoms with E-state index in [0.717, 1.165) is 13.1 Å². The largest absolute Gasteiger partial charge is 0.481 e. The van der Waals surface area contributed by atoms with Gasteiger partial charge in [0.05, 0.1) is 30.1 Å². The molecule has 7 heteroatoms. The molecule has 1 heterocycles. The van der Waals surface area contributed by atoms with Crippen LogP contribution in [0.15, 0.2) is 0 Å². The zero-order valence-corrected chi connectivity index (χ0v) is 11.6. The molecule has 0 saturated carbocycles. The molecule has 1 rings (SSSR count). The van der Waals surface area contributed by atoms with Crippen LogP contribution in [0.1, 0.15) is 13.8 Å². The zero-order chi connectivity index (χ0) is 13.8. The summed E-state index contributed by atoms with van der Waals surface area (Å²) >= 11 is 0. The van der Waals surface area contributed by atoms with E-state index < -0.39 is 21.7 Å². The van der Waals surface area contributed by atoms with Crippen LogP contribution in [0.4, 0.5) is 0 Å². The topological polar surface area (TPSA) is 83.9 Å². The molecule has 0 aromatic carbocycles. The highest BCUT2D eigenvalue weighted by atomic mass is 32.2. The standard InChI is InChI=1S/C11H21NO5S/c1-3-12-4-5-17-10(6-12)8-18(15,16)7-9(2)11(13)14/h9-10H,3-8H2,1-2H3,(H,13,14). The number of ether oxygens (including phenoxy) is 1. The second-order valence-electron chi connectivity index (χ2n) is 4.70. The molecule has 106 valence electrons. The molecule has 2 atom stereocenters. The third-order valence-electron chi connectivity index (χ3n) is 3.04. The van der Waals surface area contributed by atoms with E-state index in [1.807, 2.05) is 6.92 Å². The number of morpholine rings is 1. The molecule has 1 saturated heterocycles. The molecule has 0 aromatic heterocycles. The second kappa shape index (κ2) is 6.49. The van der Waals surface area contributed by atoms with Crippen molar-refractivity contribution < 1.29 is 23.1 Å². The minimum Gasteiger partial charge on any atom is -0.481 e. The van der Waals surface area contributed by atoms with E-state index in [2.05, 4.69) is 4.90 Å². The maximum absolute atomic E-state index is 11.8. The monoisotopic (exact) mass is 279 g/mol. The van der Waals surface area contributed by atoms with Crippen LogP contribution < -0.4 is 0 Å². The molecule has 0 radical (unpaired) electrons. The Bertz CT molecular complexity index is 381. The second-order valence-corrected chi connectivity index (χ2v) is 6.86. The van der Waals surface area contributed by atoms with Gasteiger partial charge < -0.3 is 9.84 Å². The number of carbonyl (C=O) groups is 1. The minimum absolute atomic E-state index is 0.0961. The first-order valence-corrected chi connectivity index (χ1v) is 7.93. The van der Waals surface area contributed by atoms with Gasteiger partial charge in [0.25, 0.3) is 0 Å². The van der Waals surface area contributed by atoms with Crippen LogP contribution in [0.5, 0.6) is 0 Å². The van der Waals surface area contributed by atoms with Crippen LogP contribution >= 0.6 is 0 Å². The molecule has 6 nitrogen and oxygen atoms in total. The van der Waals surface area contributed by atoms with Crippen LogP contribution in [-0.4, -0.2) is 68.2 Å². The fraction of sp³-hybridized carbons (Fsp3) is 0.909. The van der Waals surface area contributed by atoms with Gasteiger partial charge in [-0.3, -0.25) is 9.69 Å². The smallest absolute Gasteiger partial charge is 0.307 e. The van der Waals surface area contributed by atoms with Gasteiger partial charge >= 0.3 is 5.97 Å². The van der Waals surface area contributed by atoms with E-state index in [4.69, 9.17) is 9.84 Å². The number of hydrogen-bond acceptors (Lipinski definition) is 5. The zero-order valence-electron chi connectivity index (χ0n) is 10.8. The van der Waals surface area contributed by atoms with Gasteiger partial charge in [0.15, 0.2) is 9.84 Å². The summed E-state index contributed by atoms with van der Waals surface area (Å²) in [5.74, 6) is -2.38. The van der Waals surface area contributed by atoms with Gasteiger partial charge in [0.2, 0.25) is 0 Å². The molecule has 0 aromatic rings. The molecular weight excluding hydrogens is 258 g/mol. The van der Waals surface area contributed by atoms with E-state index in [1.165, 1.54) is 6.92 Å². The van der Waals surface area contributed by atoms with E-state index in [9.17, 15) is 13.2 Å². The Morgan fingerprint density at radius 2 is 2.22 bits per heavy atom. The number of carboxylic acids is 1. The third kappa shape index (κ3) is 4.91. The van der Waals surface area contributed by atoms with Crippen molar-refractivity contribution in [2.75, 3.05) is 37.7 Å². The minimum atomic E-state index is -3.39. The Balaban J connectivity index is 2.52. The lowest BCUT2D eigenvalue weighted by Crippen LogP contribution is -2.45. The molecule has 1 N–H and O–H groups in total. The van der Waals surface area contributed by atoms with Crippen LogP contribution in [0.25, 0.3) is 0 Å². The van der Waals surface area contributed by atoms with E-state index in [-0.39, 0.29) is 17.6 Å². The number of hydrogen-bond donors (Lipinski definition) is 1. The van der Waals surface area contributed by atoms with Gasteiger partial charge in [-0.2, -0.15) is 0 Å². The van der Waals surface area contributed by atoms with Crippen LogP contribution in [0.2, 0.25) is 0 Å². The Kier molecular flexibility index (Phi) is 5.55. The normalized spacial score (nSPS) is 23.8. The van der Waals surface area contributed by atoms with Crippen molar-refractivity contribution >= 4 is 15.8 Å². The van der Waals surface area contributed by atoms with Crippen molar-refractivity contribution in [3.63, 3.8) is 0 Å². The Labute approximate surface area is 108 Å². The average Bonchev–Trinajstić information content (AvgIpc) is 2.27. The molecule has 1 fully saturated rings. The quantitative estimate of drug-likeness (QED) is 0.727. The first kappa shape index (κ1) is 15.4. The first-order valence-electron chi connectivity index (χ1n) is 6.11. The number of sulfone groups is 1. The van der Waals surface area contributed by atoms with E-state index in [0.29, 0.717) is 13.2 Å².